The van der Waals surface area contributed by atoms with Gasteiger partial charge < -0.3 is 24.3 Å². The second kappa shape index (κ2) is 10.8. The Bertz CT molecular complexity index is 1010. The predicted octanol–water partition coefficient (Wildman–Crippen LogP) is 4.71. The molecule has 0 fully saturated rings. The number of benzene rings is 2. The van der Waals surface area contributed by atoms with E-state index in [1.54, 1.807) is 12.1 Å². The number of Topliss-reactive ketones (excluding diaryl/α,β-unsaturated/α-hetero) is 1. The van der Waals surface area contributed by atoms with Crippen LogP contribution < -0.4 is 24.3 Å². The predicted molar refractivity (Wildman–Crippen MR) is 117 cm³/mol. The fraction of sp³-hybridized carbons (Fsp3) is 0.300. The van der Waals surface area contributed by atoms with Crippen LogP contribution in [-0.4, -0.2) is 46.2 Å². The van der Waals surface area contributed by atoms with Crippen molar-refractivity contribution in [3.8, 4) is 23.0 Å². The summed E-state index contributed by atoms with van der Waals surface area (Å²) in [5.74, 6) is -0.212. The van der Waals surface area contributed by atoms with Crippen LogP contribution in [-0.2, 0) is 9.59 Å². The number of ether oxygens (including phenoxy) is 4. The number of nitrogens with zero attached hydrogens (tertiary/aromatic N) is 2. The Morgan fingerprint density at radius 3 is 2.10 bits per heavy atom. The smallest absolute Gasteiger partial charge is 0.259 e. The third-order valence-corrected chi connectivity index (χ3v) is 4.70. The summed E-state index contributed by atoms with van der Waals surface area (Å²) >= 11 is 12.2. The first-order valence-electron chi connectivity index (χ1n) is 8.81. The summed E-state index contributed by atoms with van der Waals surface area (Å²) in [5, 5.41) is 11.0. The number of methoxy groups -OCH3 is 4. The van der Waals surface area contributed by atoms with Gasteiger partial charge >= 0.3 is 0 Å². The van der Waals surface area contributed by atoms with E-state index in [1.165, 1.54) is 47.5 Å². The number of hydrogen-bond acceptors (Lipinski definition) is 8. The van der Waals surface area contributed by atoms with Crippen molar-refractivity contribution < 1.29 is 28.5 Å². The van der Waals surface area contributed by atoms with Crippen LogP contribution in [0.4, 0.5) is 11.4 Å². The summed E-state index contributed by atoms with van der Waals surface area (Å²) in [7, 11) is 5.66. The maximum absolute atomic E-state index is 12.8. The maximum Gasteiger partial charge on any atom is 0.259 e. The van der Waals surface area contributed by atoms with Crippen molar-refractivity contribution in [1.82, 2.24) is 0 Å². The highest BCUT2D eigenvalue weighted by atomic mass is 35.5. The van der Waals surface area contributed by atoms with Crippen LogP contribution in [0.15, 0.2) is 34.5 Å². The summed E-state index contributed by atoms with van der Waals surface area (Å²) in [6.07, 6.45) is 0. The first kappa shape index (κ1) is 24.2. The molecule has 0 radical (unpaired) electrons. The van der Waals surface area contributed by atoms with Crippen LogP contribution in [0.3, 0.4) is 0 Å². The van der Waals surface area contributed by atoms with Crippen molar-refractivity contribution in [2.75, 3.05) is 33.8 Å². The zero-order valence-corrected chi connectivity index (χ0v) is 19.0. The first-order chi connectivity index (χ1) is 14.8. The van der Waals surface area contributed by atoms with Gasteiger partial charge in [0.1, 0.15) is 28.6 Å². The topological polar surface area (TPSA) is 108 Å². The van der Waals surface area contributed by atoms with E-state index in [1.807, 2.05) is 0 Å². The van der Waals surface area contributed by atoms with Gasteiger partial charge in [-0.05, 0) is 19.1 Å². The number of nitrogens with one attached hydrogen (secondary N) is 1. The zero-order valence-electron chi connectivity index (χ0n) is 17.5. The lowest BCUT2D eigenvalue weighted by Gasteiger charge is -2.16. The van der Waals surface area contributed by atoms with E-state index < -0.39 is 17.7 Å². The van der Waals surface area contributed by atoms with Gasteiger partial charge in [0, 0.05) is 12.1 Å². The van der Waals surface area contributed by atoms with Gasteiger partial charge in [0.05, 0.1) is 38.5 Å². The number of ketones is 1. The van der Waals surface area contributed by atoms with Crippen molar-refractivity contribution in [2.45, 2.75) is 13.0 Å². The SMILES string of the molecule is COc1cc(N=NC(C(C)=O)C(=O)Nc2c(OC)ccc(Cl)c2OC)c(OC)cc1Cl. The molecule has 2 aromatic rings. The van der Waals surface area contributed by atoms with Crippen molar-refractivity contribution in [2.24, 2.45) is 10.2 Å². The van der Waals surface area contributed by atoms with Gasteiger partial charge in [-0.1, -0.05) is 23.2 Å². The molecule has 1 N–H and O–H groups in total. The molecule has 11 heteroatoms. The molecule has 1 amide bonds. The fourth-order valence-electron chi connectivity index (χ4n) is 2.58. The Morgan fingerprint density at radius 1 is 0.903 bits per heavy atom. The molecule has 0 aliphatic carbocycles. The molecule has 0 heterocycles. The van der Waals surface area contributed by atoms with Crippen LogP contribution in [0.5, 0.6) is 23.0 Å². The number of anilines is 1. The third-order valence-electron chi connectivity index (χ3n) is 4.11. The second-order valence-corrected chi connectivity index (χ2v) is 6.85. The van der Waals surface area contributed by atoms with Crippen molar-refractivity contribution in [1.29, 1.82) is 0 Å². The average Bonchev–Trinajstić information content (AvgIpc) is 2.74. The Labute approximate surface area is 189 Å². The van der Waals surface area contributed by atoms with Gasteiger partial charge in [-0.15, -0.1) is 0 Å². The lowest BCUT2D eigenvalue weighted by molar-refractivity contribution is -0.126. The summed E-state index contributed by atoms with van der Waals surface area (Å²) < 4.78 is 20.9. The Kier molecular flexibility index (Phi) is 8.47. The van der Waals surface area contributed by atoms with Crippen molar-refractivity contribution >= 4 is 46.3 Å². The number of carbonyl (C=O) groups is 2. The fourth-order valence-corrected chi connectivity index (χ4v) is 3.04. The van der Waals surface area contributed by atoms with E-state index in [2.05, 4.69) is 15.5 Å². The summed E-state index contributed by atoms with van der Waals surface area (Å²) in [4.78, 5) is 25.0. The molecule has 9 nitrogen and oxygen atoms in total. The van der Waals surface area contributed by atoms with E-state index in [0.29, 0.717) is 10.8 Å². The maximum atomic E-state index is 12.8. The summed E-state index contributed by atoms with van der Waals surface area (Å²) in [5.41, 5.74) is 0.385. The molecule has 2 rings (SSSR count). The summed E-state index contributed by atoms with van der Waals surface area (Å²) in [6.45, 7) is 1.22. The molecule has 1 atom stereocenters. The van der Waals surface area contributed by atoms with Gasteiger partial charge in [0.2, 0.25) is 6.04 Å². The molecule has 0 spiro atoms. The van der Waals surface area contributed by atoms with E-state index in [4.69, 9.17) is 42.1 Å². The van der Waals surface area contributed by atoms with Gasteiger partial charge in [-0.3, -0.25) is 9.59 Å². The highest BCUT2D eigenvalue weighted by Gasteiger charge is 2.26. The van der Waals surface area contributed by atoms with Crippen molar-refractivity contribution in [3.05, 3.63) is 34.3 Å². The molecule has 0 saturated carbocycles. The lowest BCUT2D eigenvalue weighted by atomic mass is 10.2. The van der Waals surface area contributed by atoms with Crippen LogP contribution in [0, 0.1) is 0 Å². The van der Waals surface area contributed by atoms with E-state index in [9.17, 15) is 9.59 Å². The molecule has 1 unspecified atom stereocenters. The lowest BCUT2D eigenvalue weighted by Crippen LogP contribution is -2.32. The Balaban J connectivity index is 2.40. The minimum Gasteiger partial charge on any atom is -0.495 e. The third kappa shape index (κ3) is 5.56. The molecule has 0 aromatic heterocycles. The Hall–Kier alpha value is -3.04. The van der Waals surface area contributed by atoms with Gasteiger partial charge in [0.15, 0.2) is 11.5 Å². The van der Waals surface area contributed by atoms with Crippen LogP contribution in [0.25, 0.3) is 0 Å². The van der Waals surface area contributed by atoms with Crippen molar-refractivity contribution in [3.63, 3.8) is 0 Å². The molecule has 0 aliphatic heterocycles. The first-order valence-corrected chi connectivity index (χ1v) is 9.57. The molecule has 166 valence electrons. The highest BCUT2D eigenvalue weighted by molar-refractivity contribution is 6.33. The highest BCUT2D eigenvalue weighted by Crippen LogP contribution is 2.41. The van der Waals surface area contributed by atoms with E-state index >= 15 is 0 Å². The van der Waals surface area contributed by atoms with Gasteiger partial charge in [0.25, 0.3) is 5.91 Å². The number of rotatable bonds is 9. The largest absolute Gasteiger partial charge is 0.495 e. The van der Waals surface area contributed by atoms with Gasteiger partial charge in [-0.2, -0.15) is 10.2 Å². The normalized spacial score (nSPS) is 11.7. The van der Waals surface area contributed by atoms with E-state index in [-0.39, 0.29) is 33.6 Å². The van der Waals surface area contributed by atoms with E-state index in [0.717, 1.165) is 0 Å². The average molecular weight is 470 g/mol. The Morgan fingerprint density at radius 2 is 1.55 bits per heavy atom. The molecular weight excluding hydrogens is 449 g/mol. The van der Waals surface area contributed by atoms with Crippen LogP contribution in [0.2, 0.25) is 10.0 Å². The minimum atomic E-state index is -1.46. The molecule has 31 heavy (non-hydrogen) atoms. The monoisotopic (exact) mass is 469 g/mol. The molecule has 0 bridgehead atoms. The standard InChI is InChI=1S/C20H21Cl2N3O6/c1-10(26)17(25-24-13-9-15(29-3)12(22)8-16(13)30-4)20(27)23-18-14(28-2)7-6-11(21)19(18)31-5/h6-9,17H,1-5H3,(H,23,27). The number of amides is 1. The number of hydrogen-bond donors (Lipinski definition) is 1. The minimum absolute atomic E-state index is 0.162. The zero-order chi connectivity index (χ0) is 23.1. The molecule has 0 saturated heterocycles. The molecular formula is C20H21Cl2N3O6. The number of azo groups is 1. The quantitative estimate of drug-likeness (QED) is 0.420. The van der Waals surface area contributed by atoms with Gasteiger partial charge in [-0.25, -0.2) is 0 Å². The number of halogens is 2. The summed E-state index contributed by atoms with van der Waals surface area (Å²) in [6, 6.07) is 4.61. The second-order valence-electron chi connectivity index (χ2n) is 6.03. The number of carbonyl (C=O) groups excluding carboxylic acids is 2. The molecule has 2 aromatic carbocycles. The van der Waals surface area contributed by atoms with Crippen LogP contribution >= 0.6 is 23.2 Å². The van der Waals surface area contributed by atoms with Crippen LogP contribution in [0.1, 0.15) is 6.92 Å². The molecule has 0 aliphatic rings.